The van der Waals surface area contributed by atoms with E-state index in [1.165, 1.54) is 6.20 Å². The Hall–Kier alpha value is -0.810. The van der Waals surface area contributed by atoms with E-state index in [0.29, 0.717) is 21.8 Å². The summed E-state index contributed by atoms with van der Waals surface area (Å²) in [6.07, 6.45) is 1.53. The van der Waals surface area contributed by atoms with E-state index in [0.717, 1.165) is 12.3 Å². The first-order valence-corrected chi connectivity index (χ1v) is 8.29. The molecular weight excluding hydrogens is 294 g/mol. The molecule has 0 radical (unpaired) electrons. The van der Waals surface area contributed by atoms with E-state index < -0.39 is 0 Å². The number of hydrogen-bond acceptors (Lipinski definition) is 4. The quantitative estimate of drug-likeness (QED) is 0.841. The van der Waals surface area contributed by atoms with Crippen LogP contribution in [0.1, 0.15) is 49.9 Å². The molecule has 2 unspecified atom stereocenters. The van der Waals surface area contributed by atoms with Gasteiger partial charge in [-0.25, -0.2) is 9.97 Å². The van der Waals surface area contributed by atoms with Crippen LogP contribution in [0.4, 0.5) is 0 Å². The van der Waals surface area contributed by atoms with E-state index in [1.807, 2.05) is 30.5 Å². The Morgan fingerprint density at radius 2 is 2.20 bits per heavy atom. The van der Waals surface area contributed by atoms with E-state index in [-0.39, 0.29) is 17.9 Å². The van der Waals surface area contributed by atoms with Crippen LogP contribution in [0, 0.1) is 0 Å². The van der Waals surface area contributed by atoms with Gasteiger partial charge in [0, 0.05) is 29.5 Å². The minimum Gasteiger partial charge on any atom is -0.333 e. The van der Waals surface area contributed by atoms with E-state index in [1.54, 1.807) is 0 Å². The van der Waals surface area contributed by atoms with Crippen molar-refractivity contribution in [2.24, 2.45) is 0 Å². The zero-order valence-corrected chi connectivity index (χ0v) is 13.8. The number of halogens is 1. The maximum atomic E-state index is 12.7. The van der Waals surface area contributed by atoms with Gasteiger partial charge in [-0.3, -0.25) is 4.79 Å². The highest BCUT2D eigenvalue weighted by Crippen LogP contribution is 2.27. The van der Waals surface area contributed by atoms with Gasteiger partial charge in [0.1, 0.15) is 5.82 Å². The van der Waals surface area contributed by atoms with Crippen LogP contribution >= 0.6 is 23.4 Å². The standard InChI is InChI=1S/C14H20ClN3OS/c1-8(2)13-16-7-11(15)12(17-13)14(19)18-5-6-20-10(4)9(18)3/h7-10H,5-6H2,1-4H3. The van der Waals surface area contributed by atoms with Crippen molar-refractivity contribution in [1.82, 2.24) is 14.9 Å². The van der Waals surface area contributed by atoms with Crippen molar-refractivity contribution in [1.29, 1.82) is 0 Å². The van der Waals surface area contributed by atoms with Gasteiger partial charge in [0.2, 0.25) is 0 Å². The van der Waals surface area contributed by atoms with Crippen molar-refractivity contribution in [2.75, 3.05) is 12.3 Å². The number of carbonyl (C=O) groups excluding carboxylic acids is 1. The highest BCUT2D eigenvalue weighted by Gasteiger charge is 2.31. The van der Waals surface area contributed by atoms with Crippen molar-refractivity contribution in [3.63, 3.8) is 0 Å². The Morgan fingerprint density at radius 3 is 2.85 bits per heavy atom. The average molecular weight is 314 g/mol. The maximum Gasteiger partial charge on any atom is 0.274 e. The molecular formula is C14H20ClN3OS. The second-order valence-electron chi connectivity index (χ2n) is 5.39. The third-order valence-corrected chi connectivity index (χ3v) is 5.24. The summed E-state index contributed by atoms with van der Waals surface area (Å²) in [6.45, 7) is 8.97. The van der Waals surface area contributed by atoms with E-state index in [2.05, 4.69) is 23.8 Å². The Morgan fingerprint density at radius 1 is 1.50 bits per heavy atom. The van der Waals surface area contributed by atoms with Gasteiger partial charge in [-0.2, -0.15) is 11.8 Å². The molecule has 0 aliphatic carbocycles. The molecule has 20 heavy (non-hydrogen) atoms. The number of amides is 1. The fraction of sp³-hybridized carbons (Fsp3) is 0.643. The van der Waals surface area contributed by atoms with Crippen molar-refractivity contribution < 1.29 is 4.79 Å². The average Bonchev–Trinajstić information content (AvgIpc) is 2.41. The van der Waals surface area contributed by atoms with E-state index in [4.69, 9.17) is 11.6 Å². The molecule has 0 aromatic carbocycles. The van der Waals surface area contributed by atoms with Crippen LogP contribution in [0.5, 0.6) is 0 Å². The predicted molar refractivity (Wildman–Crippen MR) is 83.5 cm³/mol. The van der Waals surface area contributed by atoms with Gasteiger partial charge in [0.05, 0.1) is 11.2 Å². The molecule has 6 heteroatoms. The normalized spacial score (nSPS) is 23.2. The van der Waals surface area contributed by atoms with Crippen molar-refractivity contribution in [3.8, 4) is 0 Å². The highest BCUT2D eigenvalue weighted by atomic mass is 35.5. The number of hydrogen-bond donors (Lipinski definition) is 0. The maximum absolute atomic E-state index is 12.7. The molecule has 0 saturated carbocycles. The lowest BCUT2D eigenvalue weighted by Gasteiger charge is -2.37. The summed E-state index contributed by atoms with van der Waals surface area (Å²) in [7, 11) is 0. The highest BCUT2D eigenvalue weighted by molar-refractivity contribution is 8.00. The van der Waals surface area contributed by atoms with Gasteiger partial charge in [-0.1, -0.05) is 32.4 Å². The van der Waals surface area contributed by atoms with Gasteiger partial charge in [0.15, 0.2) is 5.69 Å². The third kappa shape index (κ3) is 3.09. The fourth-order valence-corrected chi connectivity index (χ4v) is 3.44. The van der Waals surface area contributed by atoms with Gasteiger partial charge in [-0.05, 0) is 6.92 Å². The summed E-state index contributed by atoms with van der Waals surface area (Å²) in [5, 5.41) is 0.760. The minimum absolute atomic E-state index is 0.0843. The summed E-state index contributed by atoms with van der Waals surface area (Å²) in [5.41, 5.74) is 0.330. The second kappa shape index (κ2) is 6.31. The summed E-state index contributed by atoms with van der Waals surface area (Å²) in [5.74, 6) is 1.70. The lowest BCUT2D eigenvalue weighted by atomic mass is 10.1. The van der Waals surface area contributed by atoms with Gasteiger partial charge >= 0.3 is 0 Å². The monoisotopic (exact) mass is 313 g/mol. The largest absolute Gasteiger partial charge is 0.333 e. The molecule has 1 aromatic rings. The van der Waals surface area contributed by atoms with Crippen LogP contribution in [-0.2, 0) is 0 Å². The van der Waals surface area contributed by atoms with E-state index in [9.17, 15) is 4.79 Å². The Bertz CT molecular complexity index is 509. The fourth-order valence-electron chi connectivity index (χ4n) is 2.16. The van der Waals surface area contributed by atoms with Crippen molar-refractivity contribution >= 4 is 29.3 Å². The Balaban J connectivity index is 2.30. The Kier molecular flexibility index (Phi) is 4.91. The third-order valence-electron chi connectivity index (χ3n) is 3.63. The predicted octanol–water partition coefficient (Wildman–Crippen LogP) is 3.22. The molecule has 1 fully saturated rings. The van der Waals surface area contributed by atoms with Crippen LogP contribution in [0.25, 0.3) is 0 Å². The lowest BCUT2D eigenvalue weighted by Crippen LogP contribution is -2.48. The SMILES string of the molecule is CC(C)c1ncc(Cl)c(C(=O)N2CCSC(C)C2C)n1. The van der Waals surface area contributed by atoms with Crippen molar-refractivity contribution in [3.05, 3.63) is 22.7 Å². The number of nitrogens with zero attached hydrogens (tertiary/aromatic N) is 3. The minimum atomic E-state index is -0.0843. The van der Waals surface area contributed by atoms with Gasteiger partial charge < -0.3 is 4.90 Å². The van der Waals surface area contributed by atoms with Crippen LogP contribution < -0.4 is 0 Å². The van der Waals surface area contributed by atoms with Crippen LogP contribution in [0.15, 0.2) is 6.20 Å². The van der Waals surface area contributed by atoms with E-state index >= 15 is 0 Å². The molecule has 110 valence electrons. The second-order valence-corrected chi connectivity index (χ2v) is 7.29. The lowest BCUT2D eigenvalue weighted by molar-refractivity contribution is 0.0691. The summed E-state index contributed by atoms with van der Waals surface area (Å²) >= 11 is 8.02. The molecule has 0 N–H and O–H groups in total. The molecule has 2 atom stereocenters. The smallest absolute Gasteiger partial charge is 0.274 e. The molecule has 2 heterocycles. The van der Waals surface area contributed by atoms with Crippen LogP contribution in [-0.4, -0.2) is 44.4 Å². The first-order chi connectivity index (χ1) is 9.41. The van der Waals surface area contributed by atoms with Crippen molar-refractivity contribution in [2.45, 2.75) is 44.9 Å². The number of thioether (sulfide) groups is 1. The molecule has 1 aromatic heterocycles. The molecule has 2 rings (SSSR count). The summed E-state index contributed by atoms with van der Waals surface area (Å²) in [6, 6.07) is 0.190. The van der Waals surface area contributed by atoms with Crippen LogP contribution in [0.2, 0.25) is 5.02 Å². The molecule has 1 saturated heterocycles. The van der Waals surface area contributed by atoms with Gasteiger partial charge in [0.25, 0.3) is 5.91 Å². The zero-order chi connectivity index (χ0) is 14.9. The Labute approximate surface area is 129 Å². The molecule has 0 spiro atoms. The number of aromatic nitrogens is 2. The molecule has 1 aliphatic heterocycles. The molecule has 0 bridgehead atoms. The topological polar surface area (TPSA) is 46.1 Å². The summed E-state index contributed by atoms with van der Waals surface area (Å²) in [4.78, 5) is 23.1. The summed E-state index contributed by atoms with van der Waals surface area (Å²) < 4.78 is 0. The first kappa shape index (κ1) is 15.6. The first-order valence-electron chi connectivity index (χ1n) is 6.86. The number of carbonyl (C=O) groups is 1. The zero-order valence-electron chi connectivity index (χ0n) is 12.3. The molecule has 1 aliphatic rings. The molecule has 1 amide bonds. The number of rotatable bonds is 2. The molecule has 4 nitrogen and oxygen atoms in total. The van der Waals surface area contributed by atoms with Crippen LogP contribution in [0.3, 0.4) is 0 Å². The van der Waals surface area contributed by atoms with Gasteiger partial charge in [-0.15, -0.1) is 0 Å².